The van der Waals surface area contributed by atoms with Crippen molar-refractivity contribution in [3.05, 3.63) is 65.5 Å². The van der Waals surface area contributed by atoms with Crippen molar-refractivity contribution >= 4 is 21.6 Å². The van der Waals surface area contributed by atoms with Gasteiger partial charge in [0.15, 0.2) is 0 Å². The first kappa shape index (κ1) is 18.4. The van der Waals surface area contributed by atoms with Gasteiger partial charge in [-0.25, -0.2) is 12.8 Å². The van der Waals surface area contributed by atoms with Gasteiger partial charge in [0.1, 0.15) is 5.82 Å². The molecule has 3 rings (SSSR count). The molecule has 0 saturated carbocycles. The highest BCUT2D eigenvalue weighted by atomic mass is 32.2. The quantitative estimate of drug-likeness (QED) is 0.824. The number of nitrogens with zero attached hydrogens (tertiary/aromatic N) is 2. The predicted molar refractivity (Wildman–Crippen MR) is 99.0 cm³/mol. The summed E-state index contributed by atoms with van der Waals surface area (Å²) >= 11 is 0. The van der Waals surface area contributed by atoms with Crippen LogP contribution in [0.25, 0.3) is 0 Å². The Labute approximate surface area is 153 Å². The number of carbonyl (C=O) groups is 1. The number of halogens is 1. The second kappa shape index (κ2) is 7.45. The fraction of sp³-hybridized carbons (Fsp3) is 0.316. The molecule has 0 aliphatic carbocycles. The Hall–Kier alpha value is -2.41. The van der Waals surface area contributed by atoms with Gasteiger partial charge in [-0.2, -0.15) is 0 Å². The van der Waals surface area contributed by atoms with Crippen LogP contribution >= 0.6 is 0 Å². The van der Waals surface area contributed by atoms with E-state index in [1.54, 1.807) is 43.4 Å². The van der Waals surface area contributed by atoms with E-state index in [1.165, 1.54) is 21.3 Å². The molecule has 0 atom stereocenters. The Morgan fingerprint density at radius 1 is 1.15 bits per heavy atom. The SMILES string of the molecule is CN(Cc1ccc(F)cc1)C(=O)c1cccc(N2CCCCS2(=O)=O)c1. The first-order valence-corrected chi connectivity index (χ1v) is 10.1. The van der Waals surface area contributed by atoms with Crippen LogP contribution in [0, 0.1) is 5.82 Å². The lowest BCUT2D eigenvalue weighted by molar-refractivity contribution is 0.0785. The molecule has 2 aromatic carbocycles. The van der Waals surface area contributed by atoms with Crippen molar-refractivity contribution in [2.45, 2.75) is 19.4 Å². The van der Waals surface area contributed by atoms with Gasteiger partial charge in [-0.05, 0) is 48.7 Å². The summed E-state index contributed by atoms with van der Waals surface area (Å²) in [4.78, 5) is 14.2. The van der Waals surface area contributed by atoms with Crippen LogP contribution in [0.2, 0.25) is 0 Å². The Bertz CT molecular complexity index is 897. The fourth-order valence-corrected chi connectivity index (χ4v) is 4.66. The van der Waals surface area contributed by atoms with E-state index >= 15 is 0 Å². The van der Waals surface area contributed by atoms with Gasteiger partial charge in [0.2, 0.25) is 10.0 Å². The number of benzene rings is 2. The molecule has 0 N–H and O–H groups in total. The molecule has 2 aromatic rings. The standard InChI is InChI=1S/C19H21FN2O3S/c1-21(14-15-7-9-17(20)10-8-15)19(23)16-5-4-6-18(13-16)22-11-2-3-12-26(22,24)25/h4-10,13H,2-3,11-12,14H2,1H3. The molecule has 1 aliphatic rings. The molecule has 1 fully saturated rings. The topological polar surface area (TPSA) is 57.7 Å². The van der Waals surface area contributed by atoms with Gasteiger partial charge in [0.05, 0.1) is 11.4 Å². The minimum Gasteiger partial charge on any atom is -0.337 e. The summed E-state index contributed by atoms with van der Waals surface area (Å²) in [7, 11) is -1.66. The first-order chi connectivity index (χ1) is 12.4. The number of hydrogen-bond donors (Lipinski definition) is 0. The van der Waals surface area contributed by atoms with E-state index in [9.17, 15) is 17.6 Å². The minimum absolute atomic E-state index is 0.135. The zero-order valence-electron chi connectivity index (χ0n) is 14.6. The third-order valence-corrected chi connectivity index (χ3v) is 6.28. The summed E-state index contributed by atoms with van der Waals surface area (Å²) in [5.41, 5.74) is 1.76. The molecule has 1 heterocycles. The van der Waals surface area contributed by atoms with Crippen LogP contribution < -0.4 is 4.31 Å². The van der Waals surface area contributed by atoms with Gasteiger partial charge in [-0.15, -0.1) is 0 Å². The van der Waals surface area contributed by atoms with E-state index in [1.807, 2.05) is 0 Å². The molecular formula is C19H21FN2O3S. The Morgan fingerprint density at radius 2 is 1.88 bits per heavy atom. The highest BCUT2D eigenvalue weighted by Gasteiger charge is 2.26. The Morgan fingerprint density at radius 3 is 2.58 bits per heavy atom. The average molecular weight is 376 g/mol. The van der Waals surface area contributed by atoms with E-state index in [0.717, 1.165) is 12.0 Å². The van der Waals surface area contributed by atoms with Crippen molar-refractivity contribution in [1.82, 2.24) is 4.90 Å². The summed E-state index contributed by atoms with van der Waals surface area (Å²) in [5.74, 6) is -0.404. The molecule has 0 unspecified atom stereocenters. The lowest BCUT2D eigenvalue weighted by Gasteiger charge is -2.28. The second-order valence-corrected chi connectivity index (χ2v) is 8.45. The summed E-state index contributed by atoms with van der Waals surface area (Å²) in [5, 5.41) is 0. The van der Waals surface area contributed by atoms with Crippen molar-refractivity contribution < 1.29 is 17.6 Å². The van der Waals surface area contributed by atoms with E-state index in [2.05, 4.69) is 0 Å². The largest absolute Gasteiger partial charge is 0.337 e. The number of carbonyl (C=O) groups excluding carboxylic acids is 1. The van der Waals surface area contributed by atoms with Crippen molar-refractivity contribution in [3.8, 4) is 0 Å². The van der Waals surface area contributed by atoms with E-state index < -0.39 is 10.0 Å². The normalized spacial score (nSPS) is 16.3. The molecule has 1 aliphatic heterocycles. The van der Waals surface area contributed by atoms with Crippen molar-refractivity contribution in [2.24, 2.45) is 0 Å². The summed E-state index contributed by atoms with van der Waals surface area (Å²) in [6, 6.07) is 12.7. The van der Waals surface area contributed by atoms with E-state index in [4.69, 9.17) is 0 Å². The molecule has 1 saturated heterocycles. The van der Waals surface area contributed by atoms with Gasteiger partial charge >= 0.3 is 0 Å². The molecule has 0 radical (unpaired) electrons. The maximum Gasteiger partial charge on any atom is 0.253 e. The van der Waals surface area contributed by atoms with Crippen molar-refractivity contribution in [2.75, 3.05) is 23.7 Å². The maximum absolute atomic E-state index is 13.0. The van der Waals surface area contributed by atoms with Crippen LogP contribution in [0.1, 0.15) is 28.8 Å². The monoisotopic (exact) mass is 376 g/mol. The average Bonchev–Trinajstić information content (AvgIpc) is 2.62. The molecular weight excluding hydrogens is 355 g/mol. The molecule has 0 aromatic heterocycles. The van der Waals surface area contributed by atoms with E-state index in [0.29, 0.717) is 30.8 Å². The molecule has 0 spiro atoms. The fourth-order valence-electron chi connectivity index (χ4n) is 3.03. The van der Waals surface area contributed by atoms with Gasteiger partial charge < -0.3 is 4.90 Å². The second-order valence-electron chi connectivity index (χ2n) is 6.43. The number of anilines is 1. The zero-order valence-corrected chi connectivity index (χ0v) is 15.4. The molecule has 138 valence electrons. The number of sulfonamides is 1. The third kappa shape index (κ3) is 4.04. The smallest absolute Gasteiger partial charge is 0.253 e. The van der Waals surface area contributed by atoms with Crippen LogP contribution in [0.15, 0.2) is 48.5 Å². The summed E-state index contributed by atoms with van der Waals surface area (Å²) in [6.07, 6.45) is 1.47. The van der Waals surface area contributed by atoms with Crippen LogP contribution in [0.5, 0.6) is 0 Å². The predicted octanol–water partition coefficient (Wildman–Crippen LogP) is 3.03. The van der Waals surface area contributed by atoms with Crippen LogP contribution in [0.4, 0.5) is 10.1 Å². The summed E-state index contributed by atoms with van der Waals surface area (Å²) in [6.45, 7) is 0.775. The number of rotatable bonds is 4. The van der Waals surface area contributed by atoms with E-state index in [-0.39, 0.29) is 17.5 Å². The molecule has 5 nitrogen and oxygen atoms in total. The van der Waals surface area contributed by atoms with Gasteiger partial charge in [-0.1, -0.05) is 18.2 Å². The van der Waals surface area contributed by atoms with Gasteiger partial charge in [0.25, 0.3) is 5.91 Å². The third-order valence-electron chi connectivity index (χ3n) is 4.41. The minimum atomic E-state index is -3.32. The van der Waals surface area contributed by atoms with Gasteiger partial charge in [0, 0.05) is 25.7 Å². The van der Waals surface area contributed by atoms with Crippen LogP contribution in [-0.2, 0) is 16.6 Å². The lowest BCUT2D eigenvalue weighted by Crippen LogP contribution is -2.38. The molecule has 7 heteroatoms. The first-order valence-electron chi connectivity index (χ1n) is 8.47. The molecule has 1 amide bonds. The number of amides is 1. The zero-order chi connectivity index (χ0) is 18.7. The Balaban J connectivity index is 1.78. The Kier molecular flexibility index (Phi) is 5.27. The highest BCUT2D eigenvalue weighted by molar-refractivity contribution is 7.92. The number of hydrogen-bond acceptors (Lipinski definition) is 3. The van der Waals surface area contributed by atoms with Crippen molar-refractivity contribution in [3.63, 3.8) is 0 Å². The molecule has 0 bridgehead atoms. The lowest BCUT2D eigenvalue weighted by atomic mass is 10.1. The van der Waals surface area contributed by atoms with Crippen LogP contribution in [0.3, 0.4) is 0 Å². The summed E-state index contributed by atoms with van der Waals surface area (Å²) < 4.78 is 38.9. The van der Waals surface area contributed by atoms with Crippen molar-refractivity contribution in [1.29, 1.82) is 0 Å². The molecule has 26 heavy (non-hydrogen) atoms. The van der Waals surface area contributed by atoms with Gasteiger partial charge in [-0.3, -0.25) is 9.10 Å². The highest BCUT2D eigenvalue weighted by Crippen LogP contribution is 2.25. The maximum atomic E-state index is 13.0. The van der Waals surface area contributed by atoms with Crippen LogP contribution in [-0.4, -0.2) is 38.6 Å².